The quantitative estimate of drug-likeness (QED) is 0.907. The number of nitriles is 1. The fourth-order valence-electron chi connectivity index (χ4n) is 2.51. The number of aromatic amines is 1. The van der Waals surface area contributed by atoms with Gasteiger partial charge < -0.3 is 4.98 Å². The predicted molar refractivity (Wildman–Crippen MR) is 77.6 cm³/mol. The summed E-state index contributed by atoms with van der Waals surface area (Å²) in [6.07, 6.45) is 2.94. The molecular formula is C15H14BrN3. The van der Waals surface area contributed by atoms with Crippen molar-refractivity contribution < 1.29 is 0 Å². The molecule has 1 N–H and O–H groups in total. The Morgan fingerprint density at radius 1 is 1.32 bits per heavy atom. The van der Waals surface area contributed by atoms with Gasteiger partial charge in [-0.3, -0.25) is 0 Å². The lowest BCUT2D eigenvalue weighted by Crippen LogP contribution is -2.33. The van der Waals surface area contributed by atoms with Crippen LogP contribution in [-0.4, -0.2) is 9.97 Å². The molecule has 0 spiro atoms. The molecule has 0 bridgehead atoms. The van der Waals surface area contributed by atoms with Gasteiger partial charge in [0.25, 0.3) is 0 Å². The second-order valence-corrected chi connectivity index (χ2v) is 6.03. The summed E-state index contributed by atoms with van der Waals surface area (Å²) in [6.45, 7) is 2.01. The van der Waals surface area contributed by atoms with Gasteiger partial charge in [0.15, 0.2) is 0 Å². The molecule has 0 radical (unpaired) electrons. The van der Waals surface area contributed by atoms with Crippen LogP contribution in [-0.2, 0) is 5.41 Å². The van der Waals surface area contributed by atoms with Crippen LogP contribution in [0.3, 0.4) is 0 Å². The van der Waals surface area contributed by atoms with E-state index in [0.717, 1.165) is 46.5 Å². The molecule has 1 heterocycles. The Bertz CT molecular complexity index is 645. The van der Waals surface area contributed by atoms with Crippen LogP contribution < -0.4 is 0 Å². The molecule has 1 saturated carbocycles. The van der Waals surface area contributed by atoms with Crippen molar-refractivity contribution in [1.29, 1.82) is 5.26 Å². The SMILES string of the molecule is Cc1[nH]c(C2(C#N)CCC2)nc1-c1ccc(Br)cc1. The van der Waals surface area contributed by atoms with Crippen LogP contribution in [0.5, 0.6) is 0 Å². The standard InChI is InChI=1S/C15H14BrN3/c1-10-13(11-3-5-12(16)6-4-11)19-14(18-10)15(9-17)7-2-8-15/h3-6H,2,7-8H2,1H3,(H,18,19). The van der Waals surface area contributed by atoms with Gasteiger partial charge in [0.2, 0.25) is 0 Å². The Kier molecular flexibility index (Phi) is 2.94. The van der Waals surface area contributed by atoms with E-state index in [1.807, 2.05) is 31.2 Å². The molecule has 19 heavy (non-hydrogen) atoms. The molecule has 4 heteroatoms. The number of nitrogens with zero attached hydrogens (tertiary/aromatic N) is 2. The second kappa shape index (κ2) is 4.50. The molecule has 0 aliphatic heterocycles. The van der Waals surface area contributed by atoms with E-state index >= 15 is 0 Å². The van der Waals surface area contributed by atoms with E-state index in [-0.39, 0.29) is 5.41 Å². The number of hydrogen-bond donors (Lipinski definition) is 1. The topological polar surface area (TPSA) is 52.5 Å². The molecule has 3 rings (SSSR count). The van der Waals surface area contributed by atoms with Crippen molar-refractivity contribution in [2.75, 3.05) is 0 Å². The molecule has 0 amide bonds. The Balaban J connectivity index is 2.03. The number of aromatic nitrogens is 2. The number of aryl methyl sites for hydroxylation is 1. The summed E-state index contributed by atoms with van der Waals surface area (Å²) in [5.74, 6) is 0.830. The van der Waals surface area contributed by atoms with E-state index in [9.17, 15) is 5.26 Å². The highest BCUT2D eigenvalue weighted by atomic mass is 79.9. The normalized spacial score (nSPS) is 16.7. The predicted octanol–water partition coefficient (Wildman–Crippen LogP) is 4.09. The third-order valence-corrected chi connectivity index (χ3v) is 4.41. The number of imidazole rings is 1. The molecule has 96 valence electrons. The Hall–Kier alpha value is -1.60. The lowest BCUT2D eigenvalue weighted by Gasteiger charge is -2.32. The van der Waals surface area contributed by atoms with Gasteiger partial charge >= 0.3 is 0 Å². The summed E-state index contributed by atoms with van der Waals surface area (Å²) < 4.78 is 1.05. The number of hydrogen-bond acceptors (Lipinski definition) is 2. The fourth-order valence-corrected chi connectivity index (χ4v) is 2.77. The highest BCUT2D eigenvalue weighted by Crippen LogP contribution is 2.42. The number of H-pyrrole nitrogens is 1. The number of nitrogens with one attached hydrogen (secondary N) is 1. The van der Waals surface area contributed by atoms with Crippen LogP contribution in [0.4, 0.5) is 0 Å². The molecule has 1 aromatic carbocycles. The summed E-state index contributed by atoms with van der Waals surface area (Å²) in [5.41, 5.74) is 2.68. The summed E-state index contributed by atoms with van der Waals surface area (Å²) >= 11 is 3.43. The van der Waals surface area contributed by atoms with Crippen molar-refractivity contribution in [1.82, 2.24) is 9.97 Å². The van der Waals surface area contributed by atoms with Crippen LogP contribution in [0, 0.1) is 18.3 Å². The van der Waals surface area contributed by atoms with Gasteiger partial charge in [-0.15, -0.1) is 0 Å². The van der Waals surface area contributed by atoms with E-state index in [4.69, 9.17) is 0 Å². The average molecular weight is 316 g/mol. The second-order valence-electron chi connectivity index (χ2n) is 5.11. The molecule has 0 unspecified atom stereocenters. The van der Waals surface area contributed by atoms with Crippen LogP contribution >= 0.6 is 15.9 Å². The Morgan fingerprint density at radius 3 is 2.53 bits per heavy atom. The van der Waals surface area contributed by atoms with Gasteiger partial charge in [-0.1, -0.05) is 28.1 Å². The van der Waals surface area contributed by atoms with Crippen molar-refractivity contribution in [2.24, 2.45) is 0 Å². The van der Waals surface area contributed by atoms with E-state index in [1.165, 1.54) is 0 Å². The van der Waals surface area contributed by atoms with Crippen molar-refractivity contribution >= 4 is 15.9 Å². The van der Waals surface area contributed by atoms with Gasteiger partial charge in [-0.2, -0.15) is 5.26 Å². The van der Waals surface area contributed by atoms with E-state index in [0.29, 0.717) is 0 Å². The molecule has 0 saturated heterocycles. The third kappa shape index (κ3) is 1.98. The average Bonchev–Trinajstić information content (AvgIpc) is 2.72. The zero-order valence-corrected chi connectivity index (χ0v) is 12.3. The molecule has 1 aliphatic carbocycles. The Labute approximate surface area is 120 Å². The molecule has 2 aromatic rings. The van der Waals surface area contributed by atoms with E-state index < -0.39 is 0 Å². The number of rotatable bonds is 2. The lowest BCUT2D eigenvalue weighted by molar-refractivity contribution is 0.309. The van der Waals surface area contributed by atoms with Crippen LogP contribution in [0.25, 0.3) is 11.3 Å². The minimum Gasteiger partial charge on any atom is -0.344 e. The first-order valence-electron chi connectivity index (χ1n) is 6.39. The molecular weight excluding hydrogens is 302 g/mol. The summed E-state index contributed by atoms with van der Waals surface area (Å²) in [6, 6.07) is 10.5. The van der Waals surface area contributed by atoms with Crippen molar-refractivity contribution in [3.63, 3.8) is 0 Å². The van der Waals surface area contributed by atoms with Gasteiger partial charge in [0.05, 0.1) is 11.8 Å². The maximum atomic E-state index is 9.38. The summed E-state index contributed by atoms with van der Waals surface area (Å²) in [7, 11) is 0. The first-order valence-corrected chi connectivity index (χ1v) is 7.18. The first-order chi connectivity index (χ1) is 9.14. The monoisotopic (exact) mass is 315 g/mol. The lowest BCUT2D eigenvalue weighted by atomic mass is 9.69. The van der Waals surface area contributed by atoms with Gasteiger partial charge in [0.1, 0.15) is 11.2 Å². The van der Waals surface area contributed by atoms with E-state index in [1.54, 1.807) is 0 Å². The third-order valence-electron chi connectivity index (χ3n) is 3.88. The summed E-state index contributed by atoms with van der Waals surface area (Å²) in [5, 5.41) is 9.38. The highest BCUT2D eigenvalue weighted by Gasteiger charge is 2.42. The van der Waals surface area contributed by atoms with Crippen molar-refractivity contribution in [3.05, 3.63) is 40.3 Å². The molecule has 3 nitrogen and oxygen atoms in total. The molecule has 1 fully saturated rings. The first kappa shape index (κ1) is 12.4. The smallest absolute Gasteiger partial charge is 0.127 e. The number of halogens is 1. The van der Waals surface area contributed by atoms with Gasteiger partial charge in [-0.25, -0.2) is 4.98 Å². The van der Waals surface area contributed by atoms with Crippen LogP contribution in [0.15, 0.2) is 28.7 Å². The van der Waals surface area contributed by atoms with Crippen LogP contribution in [0.2, 0.25) is 0 Å². The van der Waals surface area contributed by atoms with Crippen LogP contribution in [0.1, 0.15) is 30.8 Å². The van der Waals surface area contributed by atoms with Gasteiger partial charge in [-0.05, 0) is 38.3 Å². The largest absolute Gasteiger partial charge is 0.344 e. The van der Waals surface area contributed by atoms with Crippen molar-refractivity contribution in [2.45, 2.75) is 31.6 Å². The highest BCUT2D eigenvalue weighted by molar-refractivity contribution is 9.10. The maximum Gasteiger partial charge on any atom is 0.127 e. The molecule has 1 aromatic heterocycles. The fraction of sp³-hybridized carbons (Fsp3) is 0.333. The summed E-state index contributed by atoms with van der Waals surface area (Å²) in [4.78, 5) is 7.99. The van der Waals surface area contributed by atoms with Crippen molar-refractivity contribution in [3.8, 4) is 17.3 Å². The minimum atomic E-state index is -0.377. The zero-order valence-electron chi connectivity index (χ0n) is 10.7. The number of benzene rings is 1. The zero-order chi connectivity index (χ0) is 13.5. The molecule has 0 atom stereocenters. The minimum absolute atomic E-state index is 0.377. The molecule has 1 aliphatic rings. The maximum absolute atomic E-state index is 9.38. The van der Waals surface area contributed by atoms with E-state index in [2.05, 4.69) is 32.0 Å². The van der Waals surface area contributed by atoms with Gasteiger partial charge in [0, 0.05) is 15.7 Å². The Morgan fingerprint density at radius 2 is 2.00 bits per heavy atom.